The summed E-state index contributed by atoms with van der Waals surface area (Å²) in [6.07, 6.45) is 15.2. The summed E-state index contributed by atoms with van der Waals surface area (Å²) in [7, 11) is 1.09. The second-order valence-corrected chi connectivity index (χ2v) is 6.49. The SMILES string of the molecule is CCC1(CC)BC2C=CC=CC2N/C=C(c2ccccc2)\C=N\1. The van der Waals surface area contributed by atoms with E-state index in [1.54, 1.807) is 0 Å². The van der Waals surface area contributed by atoms with Crippen LogP contribution in [0.3, 0.4) is 0 Å². The Kier molecular flexibility index (Phi) is 4.85. The summed E-state index contributed by atoms with van der Waals surface area (Å²) in [5.41, 5.74) is 2.39. The van der Waals surface area contributed by atoms with Gasteiger partial charge >= 0.3 is 0 Å². The van der Waals surface area contributed by atoms with Crippen LogP contribution in [0.15, 0.2) is 65.8 Å². The first kappa shape index (κ1) is 15.9. The summed E-state index contributed by atoms with van der Waals surface area (Å²) < 4.78 is 0. The summed E-state index contributed by atoms with van der Waals surface area (Å²) in [6, 6.07) is 10.8. The van der Waals surface area contributed by atoms with Gasteiger partial charge in [0.1, 0.15) is 0 Å². The highest BCUT2D eigenvalue weighted by molar-refractivity contribution is 6.44. The smallest absolute Gasteiger partial charge is 0.166 e. The first-order valence-electron chi connectivity index (χ1n) is 8.68. The van der Waals surface area contributed by atoms with E-state index in [1.807, 2.05) is 0 Å². The minimum absolute atomic E-state index is 0.0261. The zero-order valence-electron chi connectivity index (χ0n) is 14.1. The summed E-state index contributed by atoms with van der Waals surface area (Å²) in [5, 5.41) is 3.61. The summed E-state index contributed by atoms with van der Waals surface area (Å²) >= 11 is 0. The molecule has 0 radical (unpaired) electrons. The van der Waals surface area contributed by atoms with E-state index < -0.39 is 0 Å². The molecule has 1 aromatic carbocycles. The molecule has 2 unspecified atom stereocenters. The van der Waals surface area contributed by atoms with Gasteiger partial charge in [0.15, 0.2) is 7.28 Å². The number of nitrogens with zero attached hydrogens (tertiary/aromatic N) is 1. The molecule has 0 aromatic heterocycles. The van der Waals surface area contributed by atoms with Gasteiger partial charge in [-0.1, -0.05) is 68.5 Å². The van der Waals surface area contributed by atoms with Crippen LogP contribution in [0.2, 0.25) is 5.82 Å². The van der Waals surface area contributed by atoms with Crippen LogP contribution in [-0.2, 0) is 0 Å². The third-order valence-corrected chi connectivity index (χ3v) is 5.20. The van der Waals surface area contributed by atoms with Crippen LogP contribution in [0.1, 0.15) is 32.3 Å². The number of benzene rings is 1. The Hall–Kier alpha value is -2.03. The topological polar surface area (TPSA) is 24.4 Å². The van der Waals surface area contributed by atoms with Crippen molar-refractivity contribution in [3.8, 4) is 0 Å². The molecule has 2 nitrogen and oxygen atoms in total. The van der Waals surface area contributed by atoms with E-state index in [0.717, 1.165) is 25.7 Å². The van der Waals surface area contributed by atoms with E-state index >= 15 is 0 Å². The minimum Gasteiger partial charge on any atom is -0.384 e. The van der Waals surface area contributed by atoms with Gasteiger partial charge in [-0.15, -0.1) is 0 Å². The van der Waals surface area contributed by atoms with Crippen molar-refractivity contribution in [2.45, 2.75) is 44.0 Å². The predicted octanol–water partition coefficient (Wildman–Crippen LogP) is 3.94. The molecule has 2 atom stereocenters. The molecule has 3 rings (SSSR count). The fourth-order valence-electron chi connectivity index (χ4n) is 3.46. The zero-order chi connectivity index (χ0) is 16.1. The molecule has 0 saturated carbocycles. The van der Waals surface area contributed by atoms with Crippen LogP contribution in [0.5, 0.6) is 0 Å². The molecule has 0 saturated heterocycles. The lowest BCUT2D eigenvalue weighted by molar-refractivity contribution is 0.542. The van der Waals surface area contributed by atoms with E-state index in [1.165, 1.54) is 5.56 Å². The largest absolute Gasteiger partial charge is 0.384 e. The van der Waals surface area contributed by atoms with Crippen molar-refractivity contribution in [1.82, 2.24) is 5.32 Å². The quantitative estimate of drug-likeness (QED) is 0.841. The molecule has 23 heavy (non-hydrogen) atoms. The number of hydrogen-bond donors (Lipinski definition) is 1. The fraction of sp³-hybridized carbons (Fsp3) is 0.350. The first-order chi connectivity index (χ1) is 11.3. The average molecular weight is 304 g/mol. The lowest BCUT2D eigenvalue weighted by Crippen LogP contribution is -2.41. The van der Waals surface area contributed by atoms with Crippen LogP contribution < -0.4 is 5.32 Å². The number of nitrogens with one attached hydrogen (secondary N) is 1. The van der Waals surface area contributed by atoms with Crippen molar-refractivity contribution in [2.75, 3.05) is 0 Å². The van der Waals surface area contributed by atoms with E-state index in [9.17, 15) is 0 Å². The van der Waals surface area contributed by atoms with Crippen molar-refractivity contribution in [3.05, 3.63) is 66.4 Å². The van der Waals surface area contributed by atoms with Crippen LogP contribution in [-0.4, -0.2) is 25.0 Å². The minimum atomic E-state index is 0.0261. The Morgan fingerprint density at radius 2 is 1.83 bits per heavy atom. The highest BCUT2D eigenvalue weighted by atomic mass is 14.9. The van der Waals surface area contributed by atoms with Crippen molar-refractivity contribution >= 4 is 19.1 Å². The third kappa shape index (κ3) is 3.49. The Morgan fingerprint density at radius 1 is 1.09 bits per heavy atom. The molecule has 1 aliphatic carbocycles. The molecule has 0 spiro atoms. The molecule has 1 heterocycles. The van der Waals surface area contributed by atoms with Gasteiger partial charge in [-0.25, -0.2) is 0 Å². The van der Waals surface area contributed by atoms with Gasteiger partial charge in [0, 0.05) is 29.5 Å². The molecule has 0 bridgehead atoms. The van der Waals surface area contributed by atoms with E-state index in [2.05, 4.69) is 86.2 Å². The van der Waals surface area contributed by atoms with Crippen molar-refractivity contribution in [1.29, 1.82) is 0 Å². The van der Waals surface area contributed by atoms with Gasteiger partial charge in [-0.2, -0.15) is 0 Å². The molecule has 3 heteroatoms. The van der Waals surface area contributed by atoms with Gasteiger partial charge in [0.05, 0.1) is 0 Å². The fourth-order valence-corrected chi connectivity index (χ4v) is 3.46. The van der Waals surface area contributed by atoms with Gasteiger partial charge in [0.25, 0.3) is 0 Å². The van der Waals surface area contributed by atoms with Crippen LogP contribution in [0.4, 0.5) is 0 Å². The zero-order valence-corrected chi connectivity index (χ0v) is 14.1. The van der Waals surface area contributed by atoms with Crippen LogP contribution in [0.25, 0.3) is 5.57 Å². The van der Waals surface area contributed by atoms with E-state index in [4.69, 9.17) is 4.99 Å². The van der Waals surface area contributed by atoms with Crippen LogP contribution >= 0.6 is 0 Å². The lowest BCUT2D eigenvalue weighted by Gasteiger charge is -2.32. The highest BCUT2D eigenvalue weighted by Gasteiger charge is 2.33. The molecular weight excluding hydrogens is 279 g/mol. The normalized spacial score (nSPS) is 28.9. The number of rotatable bonds is 3. The highest BCUT2D eigenvalue weighted by Crippen LogP contribution is 2.30. The Labute approximate surface area is 140 Å². The number of hydrogen-bond acceptors (Lipinski definition) is 2. The summed E-state index contributed by atoms with van der Waals surface area (Å²) in [4.78, 5) is 5.07. The lowest BCUT2D eigenvalue weighted by atomic mass is 9.46. The summed E-state index contributed by atoms with van der Waals surface area (Å²) in [6.45, 7) is 4.52. The number of fused-ring (bicyclic) bond motifs is 1. The maximum absolute atomic E-state index is 5.07. The predicted molar refractivity (Wildman–Crippen MR) is 102 cm³/mol. The average Bonchev–Trinajstić information content (AvgIpc) is 2.70. The molecule has 1 aromatic rings. The maximum atomic E-state index is 5.07. The van der Waals surface area contributed by atoms with E-state index in [-0.39, 0.29) is 5.44 Å². The molecule has 0 fully saturated rings. The summed E-state index contributed by atoms with van der Waals surface area (Å²) in [5.74, 6) is 0.489. The van der Waals surface area contributed by atoms with Crippen molar-refractivity contribution in [3.63, 3.8) is 0 Å². The molecule has 1 aliphatic heterocycles. The van der Waals surface area contributed by atoms with Gasteiger partial charge in [-0.05, 0) is 24.2 Å². The van der Waals surface area contributed by atoms with Crippen molar-refractivity contribution in [2.24, 2.45) is 4.99 Å². The number of aliphatic imine (C=N–C) groups is 1. The molecule has 1 N–H and O–H groups in total. The molecular formula is C20H25BN2. The van der Waals surface area contributed by atoms with Gasteiger partial charge < -0.3 is 5.32 Å². The van der Waals surface area contributed by atoms with Crippen molar-refractivity contribution < 1.29 is 0 Å². The molecule has 2 aliphatic rings. The molecule has 118 valence electrons. The standard InChI is InChI=1S/C20H25BN2/c1-3-20(4-2)21-18-12-8-9-13-19(18)22-14-17(15-23-20)16-10-6-5-7-11-16/h5-15,18-19,21-22H,3-4H2,1-2H3/b17-14+,23-15+. The third-order valence-electron chi connectivity index (χ3n) is 5.20. The Balaban J connectivity index is 2.00. The molecule has 0 amide bonds. The van der Waals surface area contributed by atoms with Gasteiger partial charge in [0.2, 0.25) is 0 Å². The maximum Gasteiger partial charge on any atom is 0.166 e. The number of allylic oxidation sites excluding steroid dienone is 3. The first-order valence-corrected chi connectivity index (χ1v) is 8.68. The van der Waals surface area contributed by atoms with E-state index in [0.29, 0.717) is 11.9 Å². The second-order valence-electron chi connectivity index (χ2n) is 6.49. The van der Waals surface area contributed by atoms with Crippen LogP contribution in [0, 0.1) is 0 Å². The monoisotopic (exact) mass is 304 g/mol. The second kappa shape index (κ2) is 7.03. The Morgan fingerprint density at radius 3 is 2.57 bits per heavy atom. The Bertz CT molecular complexity index is 639. The van der Waals surface area contributed by atoms with Gasteiger partial charge in [-0.3, -0.25) is 4.99 Å².